The maximum Gasteiger partial charge on any atom is 0.224 e. The van der Waals surface area contributed by atoms with E-state index >= 15 is 0 Å². The first kappa shape index (κ1) is 14.6. The minimum atomic E-state index is 0.533. The molecule has 0 saturated carbocycles. The Labute approximate surface area is 112 Å². The Morgan fingerprint density at radius 3 is 2.56 bits per heavy atom. The fraction of sp³-hybridized carbons (Fsp3) is 0.500. The predicted octanol–water partition coefficient (Wildman–Crippen LogP) is 0.950. The first-order valence-corrected chi connectivity index (χ1v) is 6.62. The van der Waals surface area contributed by atoms with Crippen LogP contribution < -0.4 is 14.8 Å². The number of nitrogens with zero attached hydrogens (tertiary/aromatic N) is 2. The molecule has 5 nitrogen and oxygen atoms in total. The molecule has 0 atom stereocenters. The van der Waals surface area contributed by atoms with E-state index in [1.165, 1.54) is 6.33 Å². The third kappa shape index (κ3) is 4.43. The smallest absolute Gasteiger partial charge is 0.224 e. The van der Waals surface area contributed by atoms with Crippen LogP contribution in [0.4, 0.5) is 0 Å². The molecule has 6 heteroatoms. The fourth-order valence-electron chi connectivity index (χ4n) is 1.37. The molecule has 0 aliphatic rings. The van der Waals surface area contributed by atoms with Gasteiger partial charge < -0.3 is 14.8 Å². The predicted molar refractivity (Wildman–Crippen MR) is 73.0 cm³/mol. The van der Waals surface area contributed by atoms with E-state index in [2.05, 4.69) is 21.2 Å². The molecule has 98 valence electrons. The summed E-state index contributed by atoms with van der Waals surface area (Å²) in [6, 6.07) is 0. The summed E-state index contributed by atoms with van der Waals surface area (Å²) in [6.07, 6.45) is 6.59. The molecule has 0 unspecified atom stereocenters. The van der Waals surface area contributed by atoms with E-state index in [-0.39, 0.29) is 0 Å². The Balaban J connectivity index is 2.48. The number of hydrogen-bond acceptors (Lipinski definition) is 6. The van der Waals surface area contributed by atoms with Crippen molar-refractivity contribution in [1.29, 1.82) is 0 Å². The van der Waals surface area contributed by atoms with Crippen molar-refractivity contribution in [3.05, 3.63) is 11.9 Å². The van der Waals surface area contributed by atoms with Gasteiger partial charge in [0.2, 0.25) is 11.8 Å². The number of ether oxygens (including phenoxy) is 2. The molecule has 0 fully saturated rings. The first-order valence-electron chi connectivity index (χ1n) is 5.47. The molecule has 0 saturated heterocycles. The van der Waals surface area contributed by atoms with E-state index in [0.717, 1.165) is 23.6 Å². The maximum atomic E-state index is 5.18. The highest BCUT2D eigenvalue weighted by Gasteiger charge is 2.11. The van der Waals surface area contributed by atoms with Crippen molar-refractivity contribution in [3.63, 3.8) is 0 Å². The summed E-state index contributed by atoms with van der Waals surface area (Å²) in [7, 11) is 3.15. The largest absolute Gasteiger partial charge is 0.481 e. The Bertz CT molecular complexity index is 385. The lowest BCUT2D eigenvalue weighted by atomic mass is 10.3. The SMILES string of the molecule is C#CCSCCNCc1c(OC)ncnc1OC. The van der Waals surface area contributed by atoms with Gasteiger partial charge in [0.25, 0.3) is 0 Å². The number of methoxy groups -OCH3 is 2. The Morgan fingerprint density at radius 2 is 2.00 bits per heavy atom. The number of rotatable bonds is 8. The van der Waals surface area contributed by atoms with E-state index in [1.807, 2.05) is 0 Å². The van der Waals surface area contributed by atoms with Crippen molar-refractivity contribution in [2.75, 3.05) is 32.3 Å². The normalized spacial score (nSPS) is 9.83. The first-order chi connectivity index (χ1) is 8.83. The maximum absolute atomic E-state index is 5.18. The second-order valence-electron chi connectivity index (χ2n) is 3.30. The molecule has 0 spiro atoms. The Hall–Kier alpha value is -1.45. The number of hydrogen-bond donors (Lipinski definition) is 1. The van der Waals surface area contributed by atoms with Gasteiger partial charge in [-0.15, -0.1) is 18.2 Å². The van der Waals surface area contributed by atoms with Gasteiger partial charge in [-0.1, -0.05) is 5.92 Å². The number of aromatic nitrogens is 2. The van der Waals surface area contributed by atoms with E-state index in [1.54, 1.807) is 26.0 Å². The molecule has 0 amide bonds. The average Bonchev–Trinajstić information content (AvgIpc) is 2.42. The fourth-order valence-corrected chi connectivity index (χ4v) is 1.92. The summed E-state index contributed by atoms with van der Waals surface area (Å²) in [4.78, 5) is 8.10. The molecule has 0 aliphatic heterocycles. The molecular weight excluding hydrogens is 250 g/mol. The summed E-state index contributed by atoms with van der Waals surface area (Å²) in [5.41, 5.74) is 0.824. The van der Waals surface area contributed by atoms with Crippen LogP contribution in [0.3, 0.4) is 0 Å². The van der Waals surface area contributed by atoms with Gasteiger partial charge in [0.15, 0.2) is 0 Å². The van der Waals surface area contributed by atoms with E-state index in [9.17, 15) is 0 Å². The van der Waals surface area contributed by atoms with Crippen molar-refractivity contribution < 1.29 is 9.47 Å². The second-order valence-corrected chi connectivity index (χ2v) is 4.41. The monoisotopic (exact) mass is 267 g/mol. The summed E-state index contributed by atoms with van der Waals surface area (Å²) >= 11 is 1.72. The summed E-state index contributed by atoms with van der Waals surface area (Å²) < 4.78 is 10.4. The zero-order chi connectivity index (χ0) is 13.2. The van der Waals surface area contributed by atoms with Gasteiger partial charge in [-0.3, -0.25) is 0 Å². The van der Waals surface area contributed by atoms with Crippen LogP contribution in [0, 0.1) is 12.3 Å². The van der Waals surface area contributed by atoms with Gasteiger partial charge >= 0.3 is 0 Å². The van der Waals surface area contributed by atoms with Crippen LogP contribution in [-0.4, -0.2) is 42.2 Å². The molecule has 0 aliphatic carbocycles. The van der Waals surface area contributed by atoms with Crippen molar-refractivity contribution in [3.8, 4) is 24.1 Å². The molecule has 18 heavy (non-hydrogen) atoms. The van der Waals surface area contributed by atoms with Crippen LogP contribution in [0.1, 0.15) is 5.56 Å². The van der Waals surface area contributed by atoms with Gasteiger partial charge in [0, 0.05) is 18.8 Å². The standard InChI is InChI=1S/C12H17N3O2S/c1-4-6-18-7-5-13-8-10-11(16-2)14-9-15-12(10)17-3/h1,9,13H,5-8H2,2-3H3. The van der Waals surface area contributed by atoms with Gasteiger partial charge in [-0.05, 0) is 0 Å². The Kier molecular flexibility index (Phi) is 6.99. The molecule has 1 aromatic heterocycles. The number of terminal acetylenes is 1. The molecule has 1 rings (SSSR count). The van der Waals surface area contributed by atoms with Crippen LogP contribution in [0.15, 0.2) is 6.33 Å². The van der Waals surface area contributed by atoms with Crippen molar-refractivity contribution in [1.82, 2.24) is 15.3 Å². The van der Waals surface area contributed by atoms with E-state index < -0.39 is 0 Å². The van der Waals surface area contributed by atoms with Crippen LogP contribution in [-0.2, 0) is 6.54 Å². The molecule has 1 N–H and O–H groups in total. The Morgan fingerprint density at radius 1 is 1.33 bits per heavy atom. The number of nitrogens with one attached hydrogen (secondary N) is 1. The van der Waals surface area contributed by atoms with Crippen molar-refractivity contribution in [2.45, 2.75) is 6.54 Å². The topological polar surface area (TPSA) is 56.3 Å². The summed E-state index contributed by atoms with van der Waals surface area (Å²) in [6.45, 7) is 1.46. The summed E-state index contributed by atoms with van der Waals surface area (Å²) in [5.74, 6) is 5.35. The van der Waals surface area contributed by atoms with Gasteiger partial charge in [-0.2, -0.15) is 0 Å². The quantitative estimate of drug-likeness (QED) is 0.559. The van der Waals surface area contributed by atoms with Crippen LogP contribution in [0.5, 0.6) is 11.8 Å². The molecule has 1 heterocycles. The molecule has 0 radical (unpaired) electrons. The second kappa shape index (κ2) is 8.61. The molecule has 0 bridgehead atoms. The third-order valence-electron chi connectivity index (χ3n) is 2.16. The lowest BCUT2D eigenvalue weighted by molar-refractivity contribution is 0.359. The van der Waals surface area contributed by atoms with E-state index in [0.29, 0.717) is 18.3 Å². The zero-order valence-corrected chi connectivity index (χ0v) is 11.4. The highest BCUT2D eigenvalue weighted by atomic mass is 32.2. The zero-order valence-electron chi connectivity index (χ0n) is 10.6. The highest BCUT2D eigenvalue weighted by Crippen LogP contribution is 2.22. The minimum Gasteiger partial charge on any atom is -0.481 e. The molecular formula is C12H17N3O2S. The molecule has 0 aromatic carbocycles. The van der Waals surface area contributed by atoms with Gasteiger partial charge in [0.1, 0.15) is 6.33 Å². The highest BCUT2D eigenvalue weighted by molar-refractivity contribution is 7.99. The third-order valence-corrected chi connectivity index (χ3v) is 3.03. The van der Waals surface area contributed by atoms with Crippen LogP contribution >= 0.6 is 11.8 Å². The van der Waals surface area contributed by atoms with Gasteiger partial charge in [-0.25, -0.2) is 9.97 Å². The van der Waals surface area contributed by atoms with Crippen molar-refractivity contribution >= 4 is 11.8 Å². The van der Waals surface area contributed by atoms with E-state index in [4.69, 9.17) is 15.9 Å². The number of thioether (sulfide) groups is 1. The lowest BCUT2D eigenvalue weighted by Gasteiger charge is -2.11. The van der Waals surface area contributed by atoms with Crippen LogP contribution in [0.2, 0.25) is 0 Å². The van der Waals surface area contributed by atoms with Crippen LogP contribution in [0.25, 0.3) is 0 Å². The molecule has 1 aromatic rings. The van der Waals surface area contributed by atoms with Crippen molar-refractivity contribution in [2.24, 2.45) is 0 Å². The van der Waals surface area contributed by atoms with Gasteiger partial charge in [0.05, 0.1) is 25.5 Å². The average molecular weight is 267 g/mol. The minimum absolute atomic E-state index is 0.533. The summed E-state index contributed by atoms with van der Waals surface area (Å²) in [5, 5.41) is 3.28. The lowest BCUT2D eigenvalue weighted by Crippen LogP contribution is -2.18.